The van der Waals surface area contributed by atoms with Crippen molar-refractivity contribution < 1.29 is 4.79 Å². The van der Waals surface area contributed by atoms with Gasteiger partial charge in [-0.3, -0.25) is 15.2 Å². The third-order valence-electron chi connectivity index (χ3n) is 4.80. The summed E-state index contributed by atoms with van der Waals surface area (Å²) in [6.45, 7) is 6.35. The van der Waals surface area contributed by atoms with E-state index in [9.17, 15) is 4.79 Å². The number of hydrogen-bond acceptors (Lipinski definition) is 5. The lowest BCUT2D eigenvalue weighted by molar-refractivity contribution is -0.134. The first-order chi connectivity index (χ1) is 12.5. The maximum absolute atomic E-state index is 12.8. The summed E-state index contributed by atoms with van der Waals surface area (Å²) in [5, 5.41) is 2.92. The average molecular weight is 400 g/mol. The number of nitrogens with one attached hydrogen (secondary N) is 1. The van der Waals surface area contributed by atoms with Crippen molar-refractivity contribution in [2.24, 2.45) is 10.4 Å². The fourth-order valence-electron chi connectivity index (χ4n) is 2.95. The van der Waals surface area contributed by atoms with Crippen molar-refractivity contribution in [2.75, 3.05) is 12.5 Å². The molecule has 0 fully saturated rings. The molecule has 0 spiro atoms. The van der Waals surface area contributed by atoms with Gasteiger partial charge in [-0.15, -0.1) is 23.5 Å². The molecular weight excluding hydrogens is 362 g/mol. The Hall–Kier alpha value is -0.620. The molecule has 0 aromatic rings. The number of nitrogens with zero attached hydrogens (tertiary/aromatic N) is 2. The molecule has 0 saturated carbocycles. The van der Waals surface area contributed by atoms with Crippen LogP contribution in [0.15, 0.2) is 16.1 Å². The molecule has 26 heavy (non-hydrogen) atoms. The summed E-state index contributed by atoms with van der Waals surface area (Å²) >= 11 is 3.24. The Labute approximate surface area is 169 Å². The number of thioether (sulfide) groups is 2. The van der Waals surface area contributed by atoms with E-state index in [1.54, 1.807) is 23.5 Å². The molecule has 0 radical (unpaired) electrons. The number of allylic oxidation sites excluding steroid dienone is 1. The fraction of sp³-hybridized carbons (Fsp3) is 0.800. The van der Waals surface area contributed by atoms with Gasteiger partial charge >= 0.3 is 0 Å². The van der Waals surface area contributed by atoms with Crippen molar-refractivity contribution in [3.8, 4) is 0 Å². The summed E-state index contributed by atoms with van der Waals surface area (Å²) in [5.74, 6) is 0.0801. The van der Waals surface area contributed by atoms with E-state index in [4.69, 9.17) is 0 Å². The minimum Gasteiger partial charge on any atom is -0.273 e. The molecule has 1 unspecified atom stereocenters. The van der Waals surface area contributed by atoms with Crippen molar-refractivity contribution >= 4 is 35.6 Å². The molecule has 0 aromatic heterocycles. The smallest absolute Gasteiger partial charge is 0.244 e. The monoisotopic (exact) mass is 399 g/mol. The van der Waals surface area contributed by atoms with Crippen molar-refractivity contribution in [2.45, 2.75) is 84.1 Å². The van der Waals surface area contributed by atoms with Crippen LogP contribution in [-0.4, -0.2) is 35.1 Å². The molecule has 1 N–H and O–H groups in total. The lowest BCUT2D eigenvalue weighted by Gasteiger charge is -2.35. The Morgan fingerprint density at radius 3 is 2.35 bits per heavy atom. The van der Waals surface area contributed by atoms with Crippen LogP contribution in [0.3, 0.4) is 0 Å². The lowest BCUT2D eigenvalue weighted by atomic mass is 9.86. The highest BCUT2D eigenvalue weighted by Gasteiger charge is 2.31. The molecule has 1 amide bonds. The van der Waals surface area contributed by atoms with Crippen LogP contribution in [0.5, 0.6) is 0 Å². The predicted octanol–water partition coefficient (Wildman–Crippen LogP) is 5.81. The highest BCUT2D eigenvalue weighted by molar-refractivity contribution is 8.02. The molecular formula is C20H37N3OS2. The number of rotatable bonds is 13. The van der Waals surface area contributed by atoms with Gasteiger partial charge in [-0.05, 0) is 25.0 Å². The van der Waals surface area contributed by atoms with Gasteiger partial charge in [0.25, 0.3) is 0 Å². The summed E-state index contributed by atoms with van der Waals surface area (Å²) in [5.41, 5.74) is 2.65. The maximum atomic E-state index is 12.8. The highest BCUT2D eigenvalue weighted by Crippen LogP contribution is 2.29. The SMILES string of the molecule is CCCCCCCCCCC(C)(C)C(=O)NN1C(SC)=CC=NC1SC. The Morgan fingerprint density at radius 2 is 1.77 bits per heavy atom. The van der Waals surface area contributed by atoms with Gasteiger partial charge in [-0.1, -0.05) is 72.1 Å². The summed E-state index contributed by atoms with van der Waals surface area (Å²) in [6.07, 6.45) is 19.1. The van der Waals surface area contributed by atoms with Crippen LogP contribution >= 0.6 is 23.5 Å². The van der Waals surface area contributed by atoms with Crippen LogP contribution in [0.25, 0.3) is 0 Å². The van der Waals surface area contributed by atoms with Crippen LogP contribution in [0.4, 0.5) is 0 Å². The van der Waals surface area contributed by atoms with E-state index >= 15 is 0 Å². The van der Waals surface area contributed by atoms with Gasteiger partial charge < -0.3 is 0 Å². The second-order valence-electron chi connectivity index (χ2n) is 7.49. The summed E-state index contributed by atoms with van der Waals surface area (Å²) in [4.78, 5) is 17.3. The van der Waals surface area contributed by atoms with Crippen molar-refractivity contribution in [1.29, 1.82) is 0 Å². The molecule has 1 heterocycles. The zero-order chi connectivity index (χ0) is 19.4. The molecule has 150 valence electrons. The largest absolute Gasteiger partial charge is 0.273 e. The second-order valence-corrected chi connectivity index (χ2v) is 9.21. The van der Waals surface area contributed by atoms with Gasteiger partial charge in [-0.2, -0.15) is 0 Å². The first-order valence-electron chi connectivity index (χ1n) is 9.86. The molecule has 1 aliphatic heterocycles. The van der Waals surface area contributed by atoms with E-state index in [1.165, 1.54) is 44.9 Å². The van der Waals surface area contributed by atoms with Gasteiger partial charge in [0.05, 0.1) is 5.03 Å². The zero-order valence-electron chi connectivity index (χ0n) is 17.2. The van der Waals surface area contributed by atoms with Crippen molar-refractivity contribution in [3.63, 3.8) is 0 Å². The average Bonchev–Trinajstić information content (AvgIpc) is 2.63. The standard InChI is InChI=1S/C20H37N3OS2/c1-6-7-8-9-10-11-12-13-15-20(2,3)18(24)22-23-17(25-4)14-16-21-19(23)26-5/h14,16,19H,6-13,15H2,1-5H3,(H,22,24). The van der Waals surface area contributed by atoms with Crippen LogP contribution in [0, 0.1) is 5.41 Å². The van der Waals surface area contributed by atoms with Gasteiger partial charge in [0, 0.05) is 11.6 Å². The van der Waals surface area contributed by atoms with E-state index in [0.29, 0.717) is 0 Å². The van der Waals surface area contributed by atoms with Crippen LogP contribution in [-0.2, 0) is 4.79 Å². The Bertz CT molecular complexity index is 478. The minimum absolute atomic E-state index is 0.0801. The second kappa shape index (κ2) is 12.7. The number of hydrazine groups is 1. The van der Waals surface area contributed by atoms with E-state index in [2.05, 4.69) is 17.3 Å². The number of amides is 1. The number of carbonyl (C=O) groups excluding carboxylic acids is 1. The quantitative estimate of drug-likeness (QED) is 0.397. The molecule has 0 aromatic carbocycles. The van der Waals surface area contributed by atoms with E-state index in [1.807, 2.05) is 43.7 Å². The van der Waals surface area contributed by atoms with E-state index in [-0.39, 0.29) is 16.8 Å². The van der Waals surface area contributed by atoms with Crippen LogP contribution in [0.1, 0.15) is 78.6 Å². The first-order valence-corrected chi connectivity index (χ1v) is 12.4. The Kier molecular flexibility index (Phi) is 11.4. The van der Waals surface area contributed by atoms with Gasteiger partial charge in [0.1, 0.15) is 0 Å². The van der Waals surface area contributed by atoms with Crippen LogP contribution < -0.4 is 5.43 Å². The predicted molar refractivity (Wildman–Crippen MR) is 118 cm³/mol. The highest BCUT2D eigenvalue weighted by atomic mass is 32.2. The number of aliphatic imine (C=N–C) groups is 1. The molecule has 6 heteroatoms. The van der Waals surface area contributed by atoms with Crippen LogP contribution in [0.2, 0.25) is 0 Å². The van der Waals surface area contributed by atoms with Crippen molar-refractivity contribution in [3.05, 3.63) is 11.1 Å². The zero-order valence-corrected chi connectivity index (χ0v) is 18.8. The maximum Gasteiger partial charge on any atom is 0.244 e. The number of hydrogen-bond donors (Lipinski definition) is 1. The fourth-order valence-corrected chi connectivity index (χ4v) is 4.13. The number of unbranched alkanes of at least 4 members (excludes halogenated alkanes) is 7. The van der Waals surface area contributed by atoms with Gasteiger partial charge in [0.15, 0.2) is 5.50 Å². The molecule has 0 aliphatic carbocycles. The molecule has 0 bridgehead atoms. The minimum atomic E-state index is -0.365. The lowest BCUT2D eigenvalue weighted by Crippen LogP contribution is -2.50. The summed E-state index contributed by atoms with van der Waals surface area (Å²) < 4.78 is 0. The summed E-state index contributed by atoms with van der Waals surface area (Å²) in [6, 6.07) is 0. The normalized spacial score (nSPS) is 17.3. The topological polar surface area (TPSA) is 44.7 Å². The Morgan fingerprint density at radius 1 is 1.15 bits per heavy atom. The third kappa shape index (κ3) is 7.95. The van der Waals surface area contributed by atoms with Crippen molar-refractivity contribution in [1.82, 2.24) is 10.4 Å². The molecule has 1 atom stereocenters. The molecule has 4 nitrogen and oxygen atoms in total. The Balaban J connectivity index is 2.39. The van der Waals surface area contributed by atoms with E-state index < -0.39 is 0 Å². The van der Waals surface area contributed by atoms with E-state index in [0.717, 1.165) is 17.9 Å². The third-order valence-corrected chi connectivity index (χ3v) is 6.31. The molecule has 1 rings (SSSR count). The number of carbonyl (C=O) groups is 1. The van der Waals surface area contributed by atoms with Gasteiger partial charge in [0.2, 0.25) is 5.91 Å². The van der Waals surface area contributed by atoms with Gasteiger partial charge in [-0.25, -0.2) is 5.01 Å². The molecule has 0 saturated heterocycles. The first kappa shape index (κ1) is 23.4. The summed E-state index contributed by atoms with van der Waals surface area (Å²) in [7, 11) is 0. The molecule has 1 aliphatic rings.